The van der Waals surface area contributed by atoms with Gasteiger partial charge in [0.05, 0.1) is 16.9 Å². The molecule has 1 N–H and O–H groups in total. The Morgan fingerprint density at radius 1 is 0.970 bits per heavy atom. The minimum absolute atomic E-state index is 0. The largest absolute Gasteiger partial charge is 0.416 e. The molecular formula is C25H21ClF3N3O. The summed E-state index contributed by atoms with van der Waals surface area (Å²) in [5, 5.41) is 2.90. The number of aryl methyl sites for hydroxylation is 1. The van der Waals surface area contributed by atoms with Crippen LogP contribution in [0.1, 0.15) is 46.1 Å². The number of aromatic nitrogens is 2. The number of carbonyl (C=O) groups excluding carboxylic acids is 1. The highest BCUT2D eigenvalue weighted by Gasteiger charge is 2.30. The summed E-state index contributed by atoms with van der Waals surface area (Å²) < 4.78 is 40.2. The molecule has 0 radical (unpaired) electrons. The number of benzene rings is 2. The third-order valence-corrected chi connectivity index (χ3v) is 5.81. The first-order valence-corrected chi connectivity index (χ1v) is 10.4. The summed E-state index contributed by atoms with van der Waals surface area (Å²) in [7, 11) is 0. The van der Waals surface area contributed by atoms with Gasteiger partial charge in [-0.1, -0.05) is 24.3 Å². The zero-order valence-corrected chi connectivity index (χ0v) is 18.5. The molecule has 1 aliphatic carbocycles. The van der Waals surface area contributed by atoms with Crippen LogP contribution in [0.25, 0.3) is 16.8 Å². The van der Waals surface area contributed by atoms with E-state index in [0.717, 1.165) is 34.7 Å². The molecule has 4 nitrogen and oxygen atoms in total. The molecule has 4 aromatic rings. The van der Waals surface area contributed by atoms with Crippen LogP contribution in [0.3, 0.4) is 0 Å². The van der Waals surface area contributed by atoms with E-state index in [0.29, 0.717) is 22.7 Å². The minimum Gasteiger partial charge on any atom is -0.321 e. The van der Waals surface area contributed by atoms with Crippen molar-refractivity contribution >= 4 is 29.6 Å². The third kappa shape index (κ3) is 4.59. The van der Waals surface area contributed by atoms with Crippen LogP contribution in [0.2, 0.25) is 0 Å². The van der Waals surface area contributed by atoms with Gasteiger partial charge in [-0.15, -0.1) is 12.4 Å². The molecule has 5 rings (SSSR count). The summed E-state index contributed by atoms with van der Waals surface area (Å²) in [6.45, 7) is 2.04. The van der Waals surface area contributed by atoms with E-state index >= 15 is 0 Å². The Morgan fingerprint density at radius 3 is 2.15 bits per heavy atom. The van der Waals surface area contributed by atoms with Crippen molar-refractivity contribution in [3.63, 3.8) is 0 Å². The van der Waals surface area contributed by atoms with Crippen LogP contribution in [0, 0.1) is 6.92 Å². The number of nitrogens with one attached hydrogen (secondary N) is 1. The lowest BCUT2D eigenvalue weighted by atomic mass is 10.0. The summed E-state index contributed by atoms with van der Waals surface area (Å²) in [6, 6.07) is 15.5. The fraction of sp³-hybridized carbons (Fsp3) is 0.200. The monoisotopic (exact) mass is 471 g/mol. The van der Waals surface area contributed by atoms with Crippen LogP contribution >= 0.6 is 12.4 Å². The molecular weight excluding hydrogens is 451 g/mol. The molecule has 1 fully saturated rings. The van der Waals surface area contributed by atoms with Gasteiger partial charge in [0.25, 0.3) is 5.91 Å². The van der Waals surface area contributed by atoms with Gasteiger partial charge in [-0.2, -0.15) is 13.2 Å². The van der Waals surface area contributed by atoms with Gasteiger partial charge < -0.3 is 9.72 Å². The van der Waals surface area contributed by atoms with Crippen LogP contribution in [0.4, 0.5) is 18.9 Å². The summed E-state index contributed by atoms with van der Waals surface area (Å²) in [6.07, 6.45) is -0.135. The molecule has 1 aliphatic rings. The molecule has 170 valence electrons. The molecule has 2 heterocycles. The molecule has 0 unspecified atom stereocenters. The quantitative estimate of drug-likeness (QED) is 0.352. The van der Waals surface area contributed by atoms with Crippen molar-refractivity contribution in [3.05, 3.63) is 89.4 Å². The lowest BCUT2D eigenvalue weighted by Crippen LogP contribution is -2.12. The van der Waals surface area contributed by atoms with Crippen molar-refractivity contribution in [3.8, 4) is 11.1 Å². The van der Waals surface area contributed by atoms with Crippen LogP contribution in [-0.2, 0) is 6.18 Å². The van der Waals surface area contributed by atoms with Gasteiger partial charge in [-0.25, -0.2) is 4.98 Å². The molecule has 33 heavy (non-hydrogen) atoms. The smallest absolute Gasteiger partial charge is 0.321 e. The van der Waals surface area contributed by atoms with E-state index in [9.17, 15) is 18.0 Å². The third-order valence-electron chi connectivity index (χ3n) is 5.81. The Morgan fingerprint density at radius 2 is 1.58 bits per heavy atom. The number of rotatable bonds is 4. The van der Waals surface area contributed by atoms with E-state index in [1.54, 1.807) is 24.3 Å². The first-order chi connectivity index (χ1) is 15.3. The van der Waals surface area contributed by atoms with E-state index < -0.39 is 11.7 Å². The number of hydrogen-bond acceptors (Lipinski definition) is 2. The zero-order chi connectivity index (χ0) is 22.5. The Balaban J connectivity index is 0.00000259. The zero-order valence-electron chi connectivity index (χ0n) is 17.7. The number of pyridine rings is 1. The molecule has 2 aromatic heterocycles. The Labute approximate surface area is 194 Å². The number of carbonyl (C=O) groups is 1. The molecule has 0 spiro atoms. The normalized spacial score (nSPS) is 13.6. The van der Waals surface area contributed by atoms with Gasteiger partial charge in [0.15, 0.2) is 0 Å². The number of nitrogens with zero attached hydrogens (tertiary/aromatic N) is 2. The summed E-state index contributed by atoms with van der Waals surface area (Å²) in [5.74, 6) is 0.291. The predicted molar refractivity (Wildman–Crippen MR) is 124 cm³/mol. The maximum Gasteiger partial charge on any atom is 0.416 e. The maximum atomic E-state index is 12.7. The SMILES string of the molecule is Cc1c(C2CC2)nc2ccc(NC(=O)c3ccc(-c4ccc(C(F)(F)F)cc4)cc3)cn12.Cl. The van der Waals surface area contributed by atoms with Crippen LogP contribution < -0.4 is 5.32 Å². The minimum atomic E-state index is -4.36. The number of imidazole rings is 1. The Hall–Kier alpha value is -3.32. The number of alkyl halides is 3. The highest BCUT2D eigenvalue weighted by molar-refractivity contribution is 6.04. The second-order valence-corrected chi connectivity index (χ2v) is 8.11. The highest BCUT2D eigenvalue weighted by Crippen LogP contribution is 2.41. The van der Waals surface area contributed by atoms with Crippen molar-refractivity contribution in [2.75, 3.05) is 5.32 Å². The van der Waals surface area contributed by atoms with Crippen molar-refractivity contribution < 1.29 is 18.0 Å². The first kappa shape index (κ1) is 22.9. The maximum absolute atomic E-state index is 12.7. The van der Waals surface area contributed by atoms with Gasteiger partial charge in [0.2, 0.25) is 0 Å². The van der Waals surface area contributed by atoms with Gasteiger partial charge in [0, 0.05) is 23.4 Å². The fourth-order valence-electron chi connectivity index (χ4n) is 3.87. The second kappa shape index (κ2) is 8.56. The van der Waals surface area contributed by atoms with Gasteiger partial charge in [-0.3, -0.25) is 4.79 Å². The molecule has 0 aliphatic heterocycles. The number of amides is 1. The van der Waals surface area contributed by atoms with E-state index in [1.807, 2.05) is 29.7 Å². The highest BCUT2D eigenvalue weighted by atomic mass is 35.5. The van der Waals surface area contributed by atoms with Crippen LogP contribution in [0.15, 0.2) is 66.9 Å². The topological polar surface area (TPSA) is 46.4 Å². The molecule has 1 saturated carbocycles. The average Bonchev–Trinajstić information content (AvgIpc) is 3.57. The van der Waals surface area contributed by atoms with Crippen molar-refractivity contribution in [2.45, 2.75) is 31.9 Å². The van der Waals surface area contributed by atoms with Gasteiger partial charge >= 0.3 is 6.18 Å². The second-order valence-electron chi connectivity index (χ2n) is 8.11. The molecule has 0 saturated heterocycles. The molecule has 0 bridgehead atoms. The van der Waals surface area contributed by atoms with Crippen molar-refractivity contribution in [1.29, 1.82) is 0 Å². The molecule has 2 aromatic carbocycles. The Kier molecular flexibility index (Phi) is 5.93. The van der Waals surface area contributed by atoms with Crippen LogP contribution in [0.5, 0.6) is 0 Å². The first-order valence-electron chi connectivity index (χ1n) is 10.4. The molecule has 1 amide bonds. The standard InChI is InChI=1S/C25H20F3N3O.ClH/c1-15-23(18-4-5-18)30-22-13-12-21(14-31(15)22)29-24(32)19-6-2-16(3-7-19)17-8-10-20(11-9-17)25(26,27)28;/h2-3,6-14,18H,4-5H2,1H3,(H,29,32);1H. The molecule has 0 atom stereocenters. The van der Waals surface area contributed by atoms with Crippen molar-refractivity contribution in [1.82, 2.24) is 9.38 Å². The lowest BCUT2D eigenvalue weighted by molar-refractivity contribution is -0.137. The van der Waals surface area contributed by atoms with Crippen molar-refractivity contribution in [2.24, 2.45) is 0 Å². The number of hydrogen-bond donors (Lipinski definition) is 1. The predicted octanol–water partition coefficient (Wildman–Crippen LogP) is 6.88. The number of halogens is 4. The summed E-state index contributed by atoms with van der Waals surface area (Å²) in [4.78, 5) is 17.4. The van der Waals surface area contributed by atoms with E-state index in [1.165, 1.54) is 25.0 Å². The van der Waals surface area contributed by atoms with Gasteiger partial charge in [-0.05, 0) is 67.3 Å². The fourth-order valence-corrected chi connectivity index (χ4v) is 3.87. The van der Waals surface area contributed by atoms with E-state index in [4.69, 9.17) is 4.98 Å². The number of fused-ring (bicyclic) bond motifs is 1. The van der Waals surface area contributed by atoms with E-state index in [2.05, 4.69) is 5.32 Å². The lowest BCUT2D eigenvalue weighted by Gasteiger charge is -2.09. The van der Waals surface area contributed by atoms with Gasteiger partial charge in [0.1, 0.15) is 5.65 Å². The number of anilines is 1. The summed E-state index contributed by atoms with van der Waals surface area (Å²) >= 11 is 0. The summed E-state index contributed by atoms with van der Waals surface area (Å²) in [5.41, 5.74) is 4.91. The Bertz CT molecular complexity index is 1310. The molecule has 8 heteroatoms. The van der Waals surface area contributed by atoms with Crippen LogP contribution in [-0.4, -0.2) is 15.3 Å². The average molecular weight is 472 g/mol. The van der Waals surface area contributed by atoms with E-state index in [-0.39, 0.29) is 18.3 Å².